The Hall–Kier alpha value is -0.890. The molecule has 0 bridgehead atoms. The van der Waals surface area contributed by atoms with Crippen LogP contribution in [0.2, 0.25) is 0 Å². The van der Waals surface area contributed by atoms with E-state index in [2.05, 4.69) is 17.1 Å². The molecule has 16 heavy (non-hydrogen) atoms. The molecular formula is C14H22N2. The van der Waals surface area contributed by atoms with Crippen LogP contribution in [0.3, 0.4) is 0 Å². The fourth-order valence-corrected chi connectivity index (χ4v) is 2.66. The van der Waals surface area contributed by atoms with E-state index in [1.165, 1.54) is 37.8 Å². The first kappa shape index (κ1) is 11.6. The Morgan fingerprint density at radius 2 is 2.06 bits per heavy atom. The smallest absolute Gasteiger partial charge is 0.0404 e. The highest BCUT2D eigenvalue weighted by Crippen LogP contribution is 2.27. The van der Waals surface area contributed by atoms with Crippen LogP contribution in [0.1, 0.15) is 44.2 Å². The van der Waals surface area contributed by atoms with E-state index < -0.39 is 0 Å². The predicted octanol–water partition coefficient (Wildman–Crippen LogP) is 2.92. The molecule has 2 nitrogen and oxygen atoms in total. The van der Waals surface area contributed by atoms with Gasteiger partial charge < -0.3 is 5.73 Å². The summed E-state index contributed by atoms with van der Waals surface area (Å²) in [4.78, 5) is 4.34. The van der Waals surface area contributed by atoms with Crippen LogP contribution < -0.4 is 5.73 Å². The highest BCUT2D eigenvalue weighted by Gasteiger charge is 2.20. The van der Waals surface area contributed by atoms with Gasteiger partial charge in [-0.3, -0.25) is 4.98 Å². The molecule has 2 N–H and O–H groups in total. The molecule has 1 atom stereocenters. The molecule has 1 saturated carbocycles. The van der Waals surface area contributed by atoms with Crippen molar-refractivity contribution in [2.75, 3.05) is 0 Å². The number of rotatable bonds is 4. The Bertz CT molecular complexity index is 291. The lowest BCUT2D eigenvalue weighted by Gasteiger charge is -2.27. The average Bonchev–Trinajstić information content (AvgIpc) is 2.38. The molecule has 0 aromatic carbocycles. The van der Waals surface area contributed by atoms with Gasteiger partial charge in [-0.2, -0.15) is 0 Å². The maximum absolute atomic E-state index is 6.27. The van der Waals surface area contributed by atoms with E-state index in [9.17, 15) is 0 Å². The maximum Gasteiger partial charge on any atom is 0.0404 e. The van der Waals surface area contributed by atoms with E-state index in [4.69, 9.17) is 5.73 Å². The molecule has 2 rings (SSSR count). The lowest BCUT2D eigenvalue weighted by Crippen LogP contribution is -2.32. The molecular weight excluding hydrogens is 196 g/mol. The summed E-state index contributed by atoms with van der Waals surface area (Å²) >= 11 is 0. The second-order valence-corrected chi connectivity index (χ2v) is 4.92. The van der Waals surface area contributed by atoms with Crippen LogP contribution in [0.4, 0.5) is 0 Å². The first-order valence-electron chi connectivity index (χ1n) is 6.52. The summed E-state index contributed by atoms with van der Waals surface area (Å²) in [6.45, 7) is 0. The number of hydrogen-bond donors (Lipinski definition) is 1. The van der Waals surface area contributed by atoms with E-state index in [0.717, 1.165) is 18.8 Å². The largest absolute Gasteiger partial charge is 0.327 e. The van der Waals surface area contributed by atoms with Crippen LogP contribution in [0.5, 0.6) is 0 Å². The molecule has 1 aromatic rings. The number of hydrogen-bond acceptors (Lipinski definition) is 2. The van der Waals surface area contributed by atoms with Gasteiger partial charge >= 0.3 is 0 Å². The Morgan fingerprint density at radius 3 is 2.75 bits per heavy atom. The van der Waals surface area contributed by atoms with Crippen molar-refractivity contribution >= 4 is 0 Å². The molecule has 1 aliphatic rings. The van der Waals surface area contributed by atoms with Crippen LogP contribution in [0.15, 0.2) is 24.4 Å². The van der Waals surface area contributed by atoms with E-state index in [-0.39, 0.29) is 0 Å². The summed E-state index contributed by atoms with van der Waals surface area (Å²) in [7, 11) is 0. The minimum absolute atomic E-state index is 0.377. The van der Waals surface area contributed by atoms with Crippen LogP contribution in [0, 0.1) is 5.92 Å². The molecule has 0 aliphatic heterocycles. The van der Waals surface area contributed by atoms with Gasteiger partial charge in [0.25, 0.3) is 0 Å². The monoisotopic (exact) mass is 218 g/mol. The molecule has 1 heterocycles. The second kappa shape index (κ2) is 6.00. The van der Waals surface area contributed by atoms with Crippen LogP contribution in [-0.2, 0) is 6.42 Å². The summed E-state index contributed by atoms with van der Waals surface area (Å²) in [6.07, 6.45) is 10.8. The molecule has 1 aliphatic carbocycles. The zero-order chi connectivity index (χ0) is 11.2. The molecule has 1 fully saturated rings. The van der Waals surface area contributed by atoms with Gasteiger partial charge in [0.2, 0.25) is 0 Å². The van der Waals surface area contributed by atoms with Gasteiger partial charge in [0, 0.05) is 17.9 Å². The Kier molecular flexibility index (Phi) is 4.34. The van der Waals surface area contributed by atoms with Crippen molar-refractivity contribution in [1.82, 2.24) is 4.98 Å². The van der Waals surface area contributed by atoms with Crippen molar-refractivity contribution in [2.45, 2.75) is 51.0 Å². The fraction of sp³-hybridized carbons (Fsp3) is 0.643. The normalized spacial score (nSPS) is 19.6. The van der Waals surface area contributed by atoms with E-state index in [0.29, 0.717) is 6.04 Å². The quantitative estimate of drug-likeness (QED) is 0.844. The SMILES string of the molecule is NC(CCc1ccccn1)C1CCCCC1. The van der Waals surface area contributed by atoms with E-state index in [1.807, 2.05) is 12.3 Å². The molecule has 2 heteroatoms. The van der Waals surface area contributed by atoms with Gasteiger partial charge in [0.1, 0.15) is 0 Å². The van der Waals surface area contributed by atoms with Gasteiger partial charge in [-0.15, -0.1) is 0 Å². The first-order valence-corrected chi connectivity index (χ1v) is 6.52. The second-order valence-electron chi connectivity index (χ2n) is 4.92. The van der Waals surface area contributed by atoms with Crippen molar-refractivity contribution in [1.29, 1.82) is 0 Å². The van der Waals surface area contributed by atoms with Crippen molar-refractivity contribution in [3.63, 3.8) is 0 Å². The third-order valence-electron chi connectivity index (χ3n) is 3.72. The Labute approximate surface area is 98.3 Å². The summed E-state index contributed by atoms with van der Waals surface area (Å²) in [5.41, 5.74) is 7.44. The van der Waals surface area contributed by atoms with Crippen LogP contribution >= 0.6 is 0 Å². The number of nitrogens with two attached hydrogens (primary N) is 1. The van der Waals surface area contributed by atoms with Crippen LogP contribution in [0.25, 0.3) is 0 Å². The maximum atomic E-state index is 6.27. The summed E-state index contributed by atoms with van der Waals surface area (Å²) in [6, 6.07) is 6.48. The Balaban J connectivity index is 1.76. The minimum atomic E-state index is 0.377. The van der Waals surface area contributed by atoms with Gasteiger partial charge in [-0.1, -0.05) is 25.3 Å². The highest BCUT2D eigenvalue weighted by atomic mass is 14.7. The lowest BCUT2D eigenvalue weighted by molar-refractivity contribution is 0.294. The first-order chi connectivity index (χ1) is 7.86. The molecule has 1 unspecified atom stereocenters. The van der Waals surface area contributed by atoms with Crippen molar-refractivity contribution in [3.05, 3.63) is 30.1 Å². The minimum Gasteiger partial charge on any atom is -0.327 e. The summed E-state index contributed by atoms with van der Waals surface area (Å²) in [5.74, 6) is 0.762. The summed E-state index contributed by atoms with van der Waals surface area (Å²) < 4.78 is 0. The van der Waals surface area contributed by atoms with Crippen molar-refractivity contribution in [3.8, 4) is 0 Å². The zero-order valence-corrected chi connectivity index (χ0v) is 9.94. The topological polar surface area (TPSA) is 38.9 Å². The fourth-order valence-electron chi connectivity index (χ4n) is 2.66. The standard InChI is InChI=1S/C14H22N2/c15-14(12-6-2-1-3-7-12)10-9-13-8-4-5-11-16-13/h4-5,8,11-12,14H,1-3,6-7,9-10,15H2. The number of pyridine rings is 1. The van der Waals surface area contributed by atoms with Crippen LogP contribution in [-0.4, -0.2) is 11.0 Å². The molecule has 0 radical (unpaired) electrons. The molecule has 88 valence electrons. The number of nitrogens with zero attached hydrogens (tertiary/aromatic N) is 1. The third-order valence-corrected chi connectivity index (χ3v) is 3.72. The molecule has 0 amide bonds. The molecule has 0 saturated heterocycles. The average molecular weight is 218 g/mol. The van der Waals surface area contributed by atoms with Gasteiger partial charge in [0.05, 0.1) is 0 Å². The van der Waals surface area contributed by atoms with Gasteiger partial charge in [-0.25, -0.2) is 0 Å². The number of aryl methyl sites for hydroxylation is 1. The lowest BCUT2D eigenvalue weighted by atomic mass is 9.82. The molecule has 0 spiro atoms. The number of aromatic nitrogens is 1. The van der Waals surface area contributed by atoms with E-state index in [1.54, 1.807) is 0 Å². The van der Waals surface area contributed by atoms with Gasteiger partial charge in [-0.05, 0) is 43.7 Å². The predicted molar refractivity (Wildman–Crippen MR) is 67.1 cm³/mol. The molecule has 1 aromatic heterocycles. The highest BCUT2D eigenvalue weighted by molar-refractivity contribution is 5.03. The van der Waals surface area contributed by atoms with Gasteiger partial charge in [0.15, 0.2) is 0 Å². The Morgan fingerprint density at radius 1 is 1.25 bits per heavy atom. The van der Waals surface area contributed by atoms with E-state index >= 15 is 0 Å². The zero-order valence-electron chi connectivity index (χ0n) is 9.94. The van der Waals surface area contributed by atoms with Crippen molar-refractivity contribution < 1.29 is 0 Å². The summed E-state index contributed by atoms with van der Waals surface area (Å²) in [5, 5.41) is 0. The third kappa shape index (κ3) is 3.31. The van der Waals surface area contributed by atoms with Crippen molar-refractivity contribution in [2.24, 2.45) is 11.7 Å².